The van der Waals surface area contributed by atoms with Gasteiger partial charge in [0.15, 0.2) is 0 Å². The van der Waals surface area contributed by atoms with Crippen molar-refractivity contribution < 1.29 is 4.79 Å². The van der Waals surface area contributed by atoms with Gasteiger partial charge in [0.05, 0.1) is 0 Å². The highest BCUT2D eigenvalue weighted by Gasteiger charge is 2.23. The molecule has 118 valence electrons. The van der Waals surface area contributed by atoms with Crippen molar-refractivity contribution >= 4 is 22.5 Å². The Bertz CT molecular complexity index is 681. The number of hydrogen-bond donors (Lipinski definition) is 1. The summed E-state index contributed by atoms with van der Waals surface area (Å²) in [5.74, 6) is 0.775. The van der Waals surface area contributed by atoms with Crippen molar-refractivity contribution in [2.45, 2.75) is 39.7 Å². The lowest BCUT2D eigenvalue weighted by Gasteiger charge is -2.18. The highest BCUT2D eigenvalue weighted by Crippen LogP contribution is 2.25. The maximum absolute atomic E-state index is 12.8. The number of aromatic nitrogens is 1. The van der Waals surface area contributed by atoms with Crippen molar-refractivity contribution in [2.24, 2.45) is 5.92 Å². The van der Waals surface area contributed by atoms with E-state index in [4.69, 9.17) is 5.73 Å². The normalized spacial score (nSPS) is 15.1. The lowest BCUT2D eigenvalue weighted by atomic mass is 10.1. The second kappa shape index (κ2) is 6.03. The average molecular weight is 299 g/mol. The quantitative estimate of drug-likeness (QED) is 0.878. The fraction of sp³-hybridized carbons (Fsp3) is 0.500. The van der Waals surface area contributed by atoms with E-state index in [2.05, 4.69) is 18.4 Å². The topological polar surface area (TPSA) is 51.3 Å². The summed E-state index contributed by atoms with van der Waals surface area (Å²) >= 11 is 0. The van der Waals surface area contributed by atoms with Crippen molar-refractivity contribution in [1.29, 1.82) is 0 Å². The Hall–Kier alpha value is -1.97. The van der Waals surface area contributed by atoms with E-state index >= 15 is 0 Å². The average Bonchev–Trinajstić information content (AvgIpc) is 3.11. The third-order valence-corrected chi connectivity index (χ3v) is 4.47. The van der Waals surface area contributed by atoms with Crippen LogP contribution in [-0.2, 0) is 6.54 Å². The highest BCUT2D eigenvalue weighted by molar-refractivity contribution is 5.99. The number of nitrogens with zero attached hydrogens (tertiary/aromatic N) is 2. The molecule has 1 aromatic carbocycles. The van der Waals surface area contributed by atoms with E-state index in [1.807, 2.05) is 29.2 Å². The lowest BCUT2D eigenvalue weighted by Crippen LogP contribution is -2.29. The molecule has 1 aliphatic rings. The van der Waals surface area contributed by atoms with E-state index < -0.39 is 0 Å². The van der Waals surface area contributed by atoms with Crippen LogP contribution >= 0.6 is 0 Å². The molecule has 3 rings (SSSR count). The Kier molecular flexibility index (Phi) is 4.10. The Balaban J connectivity index is 2.02. The Labute approximate surface area is 131 Å². The number of anilines is 1. The summed E-state index contributed by atoms with van der Waals surface area (Å²) in [6.45, 7) is 7.07. The summed E-state index contributed by atoms with van der Waals surface area (Å²) in [6, 6.07) is 7.92. The van der Waals surface area contributed by atoms with Crippen LogP contribution in [0.3, 0.4) is 0 Å². The largest absolute Gasteiger partial charge is 0.399 e. The number of amides is 1. The lowest BCUT2D eigenvalue weighted by molar-refractivity contribution is 0.0782. The van der Waals surface area contributed by atoms with Gasteiger partial charge >= 0.3 is 0 Å². The van der Waals surface area contributed by atoms with Gasteiger partial charge in [-0.25, -0.2) is 0 Å². The molecular weight excluding hydrogens is 274 g/mol. The van der Waals surface area contributed by atoms with Gasteiger partial charge in [-0.2, -0.15) is 0 Å². The van der Waals surface area contributed by atoms with Crippen molar-refractivity contribution in [1.82, 2.24) is 9.47 Å². The van der Waals surface area contributed by atoms with Crippen LogP contribution in [0.5, 0.6) is 0 Å². The van der Waals surface area contributed by atoms with Crippen molar-refractivity contribution in [3.8, 4) is 0 Å². The molecule has 0 aliphatic carbocycles. The van der Waals surface area contributed by atoms with Gasteiger partial charge in [-0.1, -0.05) is 13.8 Å². The number of benzene rings is 1. The number of hydrogen-bond acceptors (Lipinski definition) is 2. The second-order valence-electron chi connectivity index (χ2n) is 6.68. The zero-order valence-electron chi connectivity index (χ0n) is 13.5. The van der Waals surface area contributed by atoms with E-state index in [1.54, 1.807) is 0 Å². The van der Waals surface area contributed by atoms with Crippen LogP contribution in [0.15, 0.2) is 24.3 Å². The molecule has 1 aromatic heterocycles. The number of nitrogens with two attached hydrogens (primary N) is 1. The van der Waals surface area contributed by atoms with Gasteiger partial charge < -0.3 is 15.2 Å². The van der Waals surface area contributed by atoms with Crippen LogP contribution in [0.4, 0.5) is 5.69 Å². The molecule has 1 amide bonds. The predicted octanol–water partition coefficient (Wildman–Crippen LogP) is 3.51. The van der Waals surface area contributed by atoms with Crippen LogP contribution in [0.25, 0.3) is 10.9 Å². The van der Waals surface area contributed by atoms with Crippen molar-refractivity contribution in [2.75, 3.05) is 18.8 Å². The van der Waals surface area contributed by atoms with Crippen molar-refractivity contribution in [3.63, 3.8) is 0 Å². The maximum Gasteiger partial charge on any atom is 0.270 e. The molecule has 1 fully saturated rings. The molecule has 1 saturated heterocycles. The Morgan fingerprint density at radius 2 is 1.95 bits per heavy atom. The zero-order chi connectivity index (χ0) is 15.7. The highest BCUT2D eigenvalue weighted by atomic mass is 16.2. The van der Waals surface area contributed by atoms with Crippen LogP contribution in [0.1, 0.15) is 43.6 Å². The van der Waals surface area contributed by atoms with E-state index in [0.717, 1.165) is 61.2 Å². The Morgan fingerprint density at radius 1 is 1.23 bits per heavy atom. The first kappa shape index (κ1) is 14.9. The molecule has 4 heteroatoms. The van der Waals surface area contributed by atoms with E-state index in [-0.39, 0.29) is 5.91 Å². The first-order valence-corrected chi connectivity index (χ1v) is 8.24. The minimum Gasteiger partial charge on any atom is -0.399 e. The summed E-state index contributed by atoms with van der Waals surface area (Å²) in [6.07, 6.45) is 3.30. The zero-order valence-corrected chi connectivity index (χ0v) is 13.5. The van der Waals surface area contributed by atoms with Crippen LogP contribution in [0, 0.1) is 5.92 Å². The molecule has 2 N–H and O–H groups in total. The van der Waals surface area contributed by atoms with Gasteiger partial charge in [0.2, 0.25) is 0 Å². The third kappa shape index (κ3) is 2.82. The van der Waals surface area contributed by atoms with Crippen molar-refractivity contribution in [3.05, 3.63) is 30.0 Å². The van der Waals surface area contributed by atoms with Gasteiger partial charge in [-0.15, -0.1) is 0 Å². The monoisotopic (exact) mass is 299 g/mol. The molecule has 0 saturated carbocycles. The fourth-order valence-electron chi connectivity index (χ4n) is 3.18. The van der Waals surface area contributed by atoms with Crippen LogP contribution in [0.2, 0.25) is 0 Å². The molecule has 2 aromatic rings. The molecule has 1 aliphatic heterocycles. The summed E-state index contributed by atoms with van der Waals surface area (Å²) < 4.78 is 2.18. The molecule has 4 nitrogen and oxygen atoms in total. The van der Waals surface area contributed by atoms with Gasteiger partial charge in [0, 0.05) is 36.2 Å². The number of carbonyl (C=O) groups is 1. The summed E-state index contributed by atoms with van der Waals surface area (Å²) in [7, 11) is 0. The first-order chi connectivity index (χ1) is 10.6. The van der Waals surface area contributed by atoms with E-state index in [9.17, 15) is 4.79 Å². The SMILES string of the molecule is CC(C)CCn1c(C(=O)N2CCCC2)cc2cc(N)ccc21. The number of fused-ring (bicyclic) bond motifs is 1. The summed E-state index contributed by atoms with van der Waals surface area (Å²) in [4.78, 5) is 14.8. The number of aryl methyl sites for hydroxylation is 1. The molecule has 0 radical (unpaired) electrons. The predicted molar refractivity (Wildman–Crippen MR) is 90.9 cm³/mol. The Morgan fingerprint density at radius 3 is 2.64 bits per heavy atom. The van der Waals surface area contributed by atoms with E-state index in [1.165, 1.54) is 0 Å². The van der Waals surface area contributed by atoms with Gasteiger partial charge in [-0.05, 0) is 49.4 Å². The second-order valence-corrected chi connectivity index (χ2v) is 6.68. The standard InChI is InChI=1S/C18H25N3O/c1-13(2)7-10-21-16-6-5-15(19)11-14(16)12-17(21)18(22)20-8-3-4-9-20/h5-6,11-13H,3-4,7-10,19H2,1-2H3. The fourth-order valence-corrected chi connectivity index (χ4v) is 3.18. The van der Waals surface area contributed by atoms with Gasteiger partial charge in [0.25, 0.3) is 5.91 Å². The summed E-state index contributed by atoms with van der Waals surface area (Å²) in [5.41, 5.74) is 8.56. The van der Waals surface area contributed by atoms with Crippen LogP contribution < -0.4 is 5.73 Å². The number of carbonyl (C=O) groups excluding carboxylic acids is 1. The number of nitrogen functional groups attached to an aromatic ring is 1. The molecule has 0 bridgehead atoms. The molecule has 0 unspecified atom stereocenters. The molecule has 0 spiro atoms. The molecular formula is C18H25N3O. The van der Waals surface area contributed by atoms with E-state index in [0.29, 0.717) is 5.92 Å². The minimum absolute atomic E-state index is 0.163. The minimum atomic E-state index is 0.163. The van der Waals surface area contributed by atoms with Gasteiger partial charge in [0.1, 0.15) is 5.69 Å². The summed E-state index contributed by atoms with van der Waals surface area (Å²) in [5, 5.41) is 1.06. The third-order valence-electron chi connectivity index (χ3n) is 4.47. The molecule has 22 heavy (non-hydrogen) atoms. The first-order valence-electron chi connectivity index (χ1n) is 8.24. The maximum atomic E-state index is 12.8. The number of likely N-dealkylation sites (tertiary alicyclic amines) is 1. The van der Waals surface area contributed by atoms with Gasteiger partial charge in [-0.3, -0.25) is 4.79 Å². The smallest absolute Gasteiger partial charge is 0.270 e. The molecule has 2 heterocycles. The number of rotatable bonds is 4. The van der Waals surface area contributed by atoms with Crippen LogP contribution in [-0.4, -0.2) is 28.5 Å². The molecule has 0 atom stereocenters.